The molecular weight excluding hydrogens is 474 g/mol. The number of aromatic nitrogens is 1. The quantitative estimate of drug-likeness (QED) is 0.217. The van der Waals surface area contributed by atoms with Crippen molar-refractivity contribution < 1.29 is 4.42 Å². The van der Waals surface area contributed by atoms with Gasteiger partial charge in [0, 0.05) is 29.9 Å². The van der Waals surface area contributed by atoms with Gasteiger partial charge in [-0.15, -0.1) is 0 Å². The molecule has 6 rings (SSSR count). The van der Waals surface area contributed by atoms with Crippen LogP contribution in [0.15, 0.2) is 62.5 Å². The minimum atomic E-state index is -0.161. The van der Waals surface area contributed by atoms with Gasteiger partial charge in [0.25, 0.3) is 0 Å². The molecule has 1 aliphatic heterocycles. The van der Waals surface area contributed by atoms with Gasteiger partial charge in [0.15, 0.2) is 22.0 Å². The first kappa shape index (κ1) is 24.7. The number of hydrogen-bond acceptors (Lipinski definition) is 5. The molecule has 2 heterocycles. The lowest BCUT2D eigenvalue weighted by Crippen LogP contribution is -2.36. The van der Waals surface area contributed by atoms with Crippen molar-refractivity contribution >= 4 is 49.4 Å². The molecule has 0 spiro atoms. The molecule has 2 N–H and O–H groups in total. The van der Waals surface area contributed by atoms with E-state index in [1.165, 1.54) is 12.8 Å². The maximum atomic E-state index is 13.8. The lowest BCUT2D eigenvalue weighted by Gasteiger charge is -2.30. The summed E-state index contributed by atoms with van der Waals surface area (Å²) < 4.78 is 6.42. The average Bonchev–Trinajstić information content (AvgIpc) is 2.90. The molecule has 4 aromatic carbocycles. The lowest BCUT2D eigenvalue weighted by molar-refractivity contribution is 0.199. The summed E-state index contributed by atoms with van der Waals surface area (Å²) in [7, 11) is 0. The summed E-state index contributed by atoms with van der Waals surface area (Å²) in [6.45, 7) is 12.6. The van der Waals surface area contributed by atoms with E-state index in [2.05, 4.69) is 55.0 Å². The van der Waals surface area contributed by atoms with Crippen LogP contribution in [0.5, 0.6) is 0 Å². The Balaban J connectivity index is 1.55. The summed E-state index contributed by atoms with van der Waals surface area (Å²) in [4.78, 5) is 33.5. The summed E-state index contributed by atoms with van der Waals surface area (Å²) in [5.74, 6) is 0.780. The van der Waals surface area contributed by atoms with Crippen LogP contribution in [0.1, 0.15) is 46.1 Å². The van der Waals surface area contributed by atoms with Crippen LogP contribution < -0.4 is 16.2 Å². The number of likely N-dealkylation sites (tertiary alicyclic amines) is 1. The fourth-order valence-corrected chi connectivity index (χ4v) is 5.68. The third-order valence-electron chi connectivity index (χ3n) is 8.11. The molecule has 0 aliphatic carbocycles. The monoisotopic (exact) mass is 509 g/mol. The summed E-state index contributed by atoms with van der Waals surface area (Å²) in [6.07, 6.45) is 2.43. The van der Waals surface area contributed by atoms with Gasteiger partial charge in [0.2, 0.25) is 0 Å². The van der Waals surface area contributed by atoms with E-state index in [9.17, 15) is 9.59 Å². The lowest BCUT2D eigenvalue weighted by atomic mass is 9.87. The van der Waals surface area contributed by atoms with Crippen molar-refractivity contribution in [1.82, 2.24) is 9.88 Å². The molecule has 5 aromatic rings. The number of hydrogen-bond donors (Lipinski definition) is 2. The topological polar surface area (TPSA) is 78.3 Å². The second kappa shape index (κ2) is 9.28. The van der Waals surface area contributed by atoms with E-state index < -0.39 is 0 Å². The fourth-order valence-electron chi connectivity index (χ4n) is 5.68. The molecule has 0 atom stereocenters. The highest BCUT2D eigenvalue weighted by atomic mass is 16.3. The van der Waals surface area contributed by atoms with Crippen molar-refractivity contribution in [2.75, 3.05) is 31.5 Å². The number of nitrogens with one attached hydrogen (secondary N) is 2. The largest absolute Gasteiger partial charge is 0.453 e. The Hall–Kier alpha value is -3.64. The molecule has 38 heavy (non-hydrogen) atoms. The average molecular weight is 510 g/mol. The Labute approximate surface area is 221 Å². The van der Waals surface area contributed by atoms with Crippen LogP contribution in [0.2, 0.25) is 0 Å². The zero-order valence-corrected chi connectivity index (χ0v) is 22.6. The van der Waals surface area contributed by atoms with Crippen LogP contribution in [-0.4, -0.2) is 36.1 Å². The molecule has 0 bridgehead atoms. The van der Waals surface area contributed by atoms with Crippen LogP contribution in [0.4, 0.5) is 5.69 Å². The molecule has 1 aromatic heterocycles. The van der Waals surface area contributed by atoms with Gasteiger partial charge in [0.1, 0.15) is 0 Å². The predicted molar refractivity (Wildman–Crippen MR) is 158 cm³/mol. The van der Waals surface area contributed by atoms with E-state index in [1.54, 1.807) is 18.2 Å². The highest BCUT2D eigenvalue weighted by Crippen LogP contribution is 2.32. The van der Waals surface area contributed by atoms with Gasteiger partial charge in [-0.3, -0.25) is 9.59 Å². The van der Waals surface area contributed by atoms with E-state index in [4.69, 9.17) is 4.42 Å². The number of benzene rings is 4. The third-order valence-corrected chi connectivity index (χ3v) is 8.11. The first-order chi connectivity index (χ1) is 18.2. The van der Waals surface area contributed by atoms with Crippen molar-refractivity contribution in [2.45, 2.75) is 46.0 Å². The van der Waals surface area contributed by atoms with Gasteiger partial charge in [-0.2, -0.15) is 0 Å². The molecule has 1 saturated heterocycles. The van der Waals surface area contributed by atoms with Gasteiger partial charge < -0.3 is 19.6 Å². The molecule has 0 amide bonds. The number of anilines is 1. The molecule has 0 saturated carbocycles. The van der Waals surface area contributed by atoms with Crippen LogP contribution in [0, 0.1) is 5.92 Å². The summed E-state index contributed by atoms with van der Waals surface area (Å²) in [6, 6.07) is 15.1. The minimum Gasteiger partial charge on any atom is -0.453 e. The SMILES string of the molecule is CC1CCN(CCNc2cc3oc4cc(C(C)(C)C)ccc4[nH]c3c3c(=O)c4ccccc4c(=O)c23)CC1. The van der Waals surface area contributed by atoms with Gasteiger partial charge >= 0.3 is 0 Å². The number of nitrogens with zero attached hydrogens (tertiary/aromatic N) is 1. The zero-order chi connectivity index (χ0) is 26.6. The second-order valence-electron chi connectivity index (χ2n) is 11.9. The Morgan fingerprint density at radius 3 is 2.32 bits per heavy atom. The standard InChI is InChI=1S/C32H35N3O3/c1-19-11-14-35(15-12-19)16-13-33-24-18-26-29(34-23-10-9-20(32(2,3)4)17-25(23)38-26)28-27(24)30(36)21-7-5-6-8-22(21)31(28)37/h5-10,17-19,33-34H,11-16H2,1-4H3. The van der Waals surface area contributed by atoms with Crippen LogP contribution in [0.25, 0.3) is 43.7 Å². The normalized spacial score (nSPS) is 15.7. The van der Waals surface area contributed by atoms with E-state index in [0.29, 0.717) is 50.5 Å². The summed E-state index contributed by atoms with van der Waals surface area (Å²) in [5.41, 5.74) is 4.09. The smallest absolute Gasteiger partial charge is 0.196 e. The Kier molecular flexibility index (Phi) is 6.03. The second-order valence-corrected chi connectivity index (χ2v) is 11.9. The Morgan fingerprint density at radius 1 is 0.947 bits per heavy atom. The Bertz CT molecular complexity index is 1800. The number of piperidine rings is 1. The Morgan fingerprint density at radius 2 is 1.63 bits per heavy atom. The number of rotatable bonds is 4. The van der Waals surface area contributed by atoms with Crippen molar-refractivity contribution in [3.63, 3.8) is 0 Å². The van der Waals surface area contributed by atoms with Gasteiger partial charge in [-0.1, -0.05) is 58.0 Å². The zero-order valence-electron chi connectivity index (χ0n) is 22.6. The van der Waals surface area contributed by atoms with Crippen molar-refractivity contribution in [3.8, 4) is 0 Å². The van der Waals surface area contributed by atoms with Crippen LogP contribution in [0.3, 0.4) is 0 Å². The highest BCUT2D eigenvalue weighted by molar-refractivity contribution is 6.14. The molecule has 1 fully saturated rings. The van der Waals surface area contributed by atoms with Crippen LogP contribution >= 0.6 is 0 Å². The fraction of sp³-hybridized carbons (Fsp3) is 0.375. The van der Waals surface area contributed by atoms with E-state index in [-0.39, 0.29) is 16.3 Å². The molecule has 196 valence electrons. The van der Waals surface area contributed by atoms with Crippen LogP contribution in [-0.2, 0) is 5.41 Å². The molecular formula is C32H35N3O3. The molecule has 6 nitrogen and oxygen atoms in total. The maximum Gasteiger partial charge on any atom is 0.196 e. The highest BCUT2D eigenvalue weighted by Gasteiger charge is 2.21. The first-order valence-corrected chi connectivity index (χ1v) is 13.7. The van der Waals surface area contributed by atoms with Gasteiger partial charge in [-0.05, 0) is 55.0 Å². The van der Waals surface area contributed by atoms with E-state index in [1.807, 2.05) is 18.2 Å². The predicted octanol–water partition coefficient (Wildman–Crippen LogP) is 6.38. The first-order valence-electron chi connectivity index (χ1n) is 13.7. The van der Waals surface area contributed by atoms with Gasteiger partial charge in [0.05, 0.1) is 27.5 Å². The number of fused-ring (bicyclic) bond motifs is 5. The minimum absolute atomic E-state index is 0.0282. The van der Waals surface area contributed by atoms with E-state index >= 15 is 0 Å². The van der Waals surface area contributed by atoms with Gasteiger partial charge in [-0.25, -0.2) is 0 Å². The van der Waals surface area contributed by atoms with E-state index in [0.717, 1.165) is 36.6 Å². The molecule has 0 radical (unpaired) electrons. The van der Waals surface area contributed by atoms with Crippen molar-refractivity contribution in [2.24, 2.45) is 5.92 Å². The number of aromatic amines is 1. The van der Waals surface area contributed by atoms with Crippen molar-refractivity contribution in [1.29, 1.82) is 0 Å². The molecule has 0 unspecified atom stereocenters. The third kappa shape index (κ3) is 4.27. The summed E-state index contributed by atoms with van der Waals surface area (Å²) in [5, 5.41) is 5.18. The number of H-pyrrole nitrogens is 1. The summed E-state index contributed by atoms with van der Waals surface area (Å²) >= 11 is 0. The molecule has 1 aliphatic rings. The van der Waals surface area contributed by atoms with Crippen molar-refractivity contribution in [3.05, 3.63) is 74.5 Å². The molecule has 6 heteroatoms. The maximum absolute atomic E-state index is 13.8.